The minimum Gasteiger partial charge on any atom is -0.390 e. The maximum Gasteiger partial charge on any atom is 0.221 e. The molecular weight excluding hydrogens is 222 g/mol. The second-order valence-electron chi connectivity index (χ2n) is 4.31. The van der Waals surface area contributed by atoms with Gasteiger partial charge in [-0.2, -0.15) is 0 Å². The topological polar surface area (TPSA) is 49.3 Å². The number of anilines is 1. The average Bonchev–Trinajstić information content (AvgIpc) is 2.14. The van der Waals surface area contributed by atoms with Gasteiger partial charge in [-0.05, 0) is 38.1 Å². The highest BCUT2D eigenvalue weighted by Gasteiger charge is 2.12. The number of rotatable bonds is 4. The largest absolute Gasteiger partial charge is 0.390 e. The third-order valence-corrected chi connectivity index (χ3v) is 3.22. The molecule has 1 aromatic carbocycles. The molecule has 0 aromatic heterocycles. The van der Waals surface area contributed by atoms with E-state index in [1.807, 2.05) is 24.3 Å². The van der Waals surface area contributed by atoms with Crippen molar-refractivity contribution in [3.8, 4) is 0 Å². The van der Waals surface area contributed by atoms with E-state index in [2.05, 4.69) is 5.32 Å². The Labute approximate surface area is 100 Å². The molecule has 0 aliphatic heterocycles. The molecule has 0 bridgehead atoms. The maximum absolute atomic E-state index is 10.8. The Morgan fingerprint density at radius 1 is 1.38 bits per heavy atom. The molecular formula is C12H17NO2S. The highest BCUT2D eigenvalue weighted by Crippen LogP contribution is 2.23. The molecule has 4 heteroatoms. The summed E-state index contributed by atoms with van der Waals surface area (Å²) in [5.74, 6) is 0.573. The summed E-state index contributed by atoms with van der Waals surface area (Å²) in [6, 6.07) is 7.57. The maximum atomic E-state index is 10.8. The molecule has 0 heterocycles. The molecule has 2 N–H and O–H groups in total. The van der Waals surface area contributed by atoms with Crippen LogP contribution >= 0.6 is 11.8 Å². The van der Waals surface area contributed by atoms with E-state index in [1.165, 1.54) is 6.92 Å². The predicted octanol–water partition coefficient (Wildman–Crippen LogP) is 2.51. The zero-order chi connectivity index (χ0) is 12.2. The van der Waals surface area contributed by atoms with Crippen LogP contribution in [0.15, 0.2) is 29.2 Å². The normalized spacial score (nSPS) is 11.2. The Balaban J connectivity index is 2.55. The van der Waals surface area contributed by atoms with Gasteiger partial charge < -0.3 is 10.4 Å². The zero-order valence-electron chi connectivity index (χ0n) is 9.78. The molecule has 16 heavy (non-hydrogen) atoms. The molecule has 0 spiro atoms. The number of nitrogens with one attached hydrogen (secondary N) is 1. The molecule has 0 fully saturated rings. The van der Waals surface area contributed by atoms with Gasteiger partial charge in [0.1, 0.15) is 0 Å². The minimum atomic E-state index is -0.666. The summed E-state index contributed by atoms with van der Waals surface area (Å²) in [7, 11) is 0. The summed E-state index contributed by atoms with van der Waals surface area (Å²) in [6.07, 6.45) is 0. The molecule has 1 rings (SSSR count). The Hall–Kier alpha value is -1.00. The quantitative estimate of drug-likeness (QED) is 0.794. The van der Waals surface area contributed by atoms with Crippen LogP contribution in [0.25, 0.3) is 0 Å². The second kappa shape index (κ2) is 5.37. The zero-order valence-corrected chi connectivity index (χ0v) is 10.6. The van der Waals surface area contributed by atoms with E-state index in [1.54, 1.807) is 25.6 Å². The molecule has 0 unspecified atom stereocenters. The smallest absolute Gasteiger partial charge is 0.221 e. The summed E-state index contributed by atoms with van der Waals surface area (Å²) < 4.78 is 0. The lowest BCUT2D eigenvalue weighted by Crippen LogP contribution is -2.21. The minimum absolute atomic E-state index is 0.0723. The molecule has 0 saturated heterocycles. The molecule has 0 aliphatic carbocycles. The lowest BCUT2D eigenvalue weighted by molar-refractivity contribution is -0.114. The first-order valence-electron chi connectivity index (χ1n) is 5.10. The Morgan fingerprint density at radius 3 is 2.38 bits per heavy atom. The van der Waals surface area contributed by atoms with Crippen LogP contribution in [0.5, 0.6) is 0 Å². The number of hydrogen-bond donors (Lipinski definition) is 2. The number of aliphatic hydroxyl groups is 1. The van der Waals surface area contributed by atoms with E-state index in [-0.39, 0.29) is 5.91 Å². The first-order chi connectivity index (χ1) is 7.37. The highest BCUT2D eigenvalue weighted by atomic mass is 32.2. The van der Waals surface area contributed by atoms with Crippen LogP contribution in [0.1, 0.15) is 20.8 Å². The van der Waals surface area contributed by atoms with Crippen molar-refractivity contribution in [1.82, 2.24) is 0 Å². The van der Waals surface area contributed by atoms with Crippen LogP contribution in [0, 0.1) is 0 Å². The van der Waals surface area contributed by atoms with Crippen molar-refractivity contribution >= 4 is 23.4 Å². The van der Waals surface area contributed by atoms with E-state index in [9.17, 15) is 9.90 Å². The van der Waals surface area contributed by atoms with E-state index in [4.69, 9.17) is 0 Å². The van der Waals surface area contributed by atoms with Gasteiger partial charge in [0.15, 0.2) is 0 Å². The van der Waals surface area contributed by atoms with Crippen LogP contribution in [0.2, 0.25) is 0 Å². The van der Waals surface area contributed by atoms with Crippen LogP contribution < -0.4 is 5.32 Å². The SMILES string of the molecule is CC(=O)Nc1ccc(SCC(C)(C)O)cc1. The van der Waals surface area contributed by atoms with Gasteiger partial charge in [0, 0.05) is 23.3 Å². The molecule has 0 saturated carbocycles. The molecule has 0 atom stereocenters. The lowest BCUT2D eigenvalue weighted by Gasteiger charge is -2.16. The third-order valence-electron chi connectivity index (χ3n) is 1.77. The molecule has 1 aromatic rings. The van der Waals surface area contributed by atoms with Crippen molar-refractivity contribution in [3.63, 3.8) is 0 Å². The predicted molar refractivity (Wildman–Crippen MR) is 67.8 cm³/mol. The van der Waals surface area contributed by atoms with Crippen molar-refractivity contribution < 1.29 is 9.90 Å². The fourth-order valence-corrected chi connectivity index (χ4v) is 1.95. The van der Waals surface area contributed by atoms with Gasteiger partial charge in [-0.25, -0.2) is 0 Å². The van der Waals surface area contributed by atoms with Gasteiger partial charge in [0.2, 0.25) is 5.91 Å². The van der Waals surface area contributed by atoms with Crippen LogP contribution in [0.3, 0.4) is 0 Å². The summed E-state index contributed by atoms with van der Waals surface area (Å²) in [5.41, 5.74) is 0.126. The molecule has 0 radical (unpaired) electrons. The molecule has 3 nitrogen and oxygen atoms in total. The van der Waals surface area contributed by atoms with Crippen molar-refractivity contribution in [3.05, 3.63) is 24.3 Å². The first-order valence-corrected chi connectivity index (χ1v) is 6.08. The van der Waals surface area contributed by atoms with Crippen molar-refractivity contribution in [1.29, 1.82) is 0 Å². The summed E-state index contributed by atoms with van der Waals surface area (Å²) in [5, 5.41) is 12.3. The van der Waals surface area contributed by atoms with Crippen molar-refractivity contribution in [2.45, 2.75) is 31.3 Å². The highest BCUT2D eigenvalue weighted by molar-refractivity contribution is 7.99. The average molecular weight is 239 g/mol. The Bertz CT molecular complexity index is 354. The van der Waals surface area contributed by atoms with Crippen LogP contribution in [-0.4, -0.2) is 22.4 Å². The van der Waals surface area contributed by atoms with Gasteiger partial charge in [0.25, 0.3) is 0 Å². The molecule has 88 valence electrons. The Morgan fingerprint density at radius 2 is 1.94 bits per heavy atom. The fourth-order valence-electron chi connectivity index (χ4n) is 1.10. The summed E-state index contributed by atoms with van der Waals surface area (Å²) in [6.45, 7) is 5.05. The van der Waals surface area contributed by atoms with E-state index < -0.39 is 5.60 Å². The molecule has 0 aliphatic rings. The lowest BCUT2D eigenvalue weighted by atomic mass is 10.2. The van der Waals surface area contributed by atoms with Crippen molar-refractivity contribution in [2.24, 2.45) is 0 Å². The molecule has 1 amide bonds. The van der Waals surface area contributed by atoms with Gasteiger partial charge in [0.05, 0.1) is 5.60 Å². The van der Waals surface area contributed by atoms with Crippen LogP contribution in [0.4, 0.5) is 5.69 Å². The van der Waals surface area contributed by atoms with Gasteiger partial charge in [-0.1, -0.05) is 0 Å². The summed E-state index contributed by atoms with van der Waals surface area (Å²) >= 11 is 1.59. The number of benzene rings is 1. The van der Waals surface area contributed by atoms with Crippen LogP contribution in [-0.2, 0) is 4.79 Å². The number of carbonyl (C=O) groups is 1. The number of thioether (sulfide) groups is 1. The fraction of sp³-hybridized carbons (Fsp3) is 0.417. The number of carbonyl (C=O) groups excluding carboxylic acids is 1. The van der Waals surface area contributed by atoms with E-state index >= 15 is 0 Å². The number of hydrogen-bond acceptors (Lipinski definition) is 3. The number of amides is 1. The summed E-state index contributed by atoms with van der Waals surface area (Å²) in [4.78, 5) is 11.9. The van der Waals surface area contributed by atoms with Crippen molar-refractivity contribution in [2.75, 3.05) is 11.1 Å². The van der Waals surface area contributed by atoms with E-state index in [0.29, 0.717) is 5.75 Å². The third kappa shape index (κ3) is 5.19. The van der Waals surface area contributed by atoms with Gasteiger partial charge >= 0.3 is 0 Å². The van der Waals surface area contributed by atoms with Gasteiger partial charge in [-0.3, -0.25) is 4.79 Å². The standard InChI is InChI=1S/C12H17NO2S/c1-9(14)13-10-4-6-11(7-5-10)16-8-12(2,3)15/h4-7,15H,8H2,1-3H3,(H,13,14). The first kappa shape index (κ1) is 13.1. The Kier molecular flexibility index (Phi) is 4.38. The van der Waals surface area contributed by atoms with Gasteiger partial charge in [-0.15, -0.1) is 11.8 Å². The monoisotopic (exact) mass is 239 g/mol. The second-order valence-corrected chi connectivity index (χ2v) is 5.36. The van der Waals surface area contributed by atoms with E-state index in [0.717, 1.165) is 10.6 Å².